The minimum atomic E-state index is -0.365. The Hall–Kier alpha value is -4.04. The van der Waals surface area contributed by atoms with Crippen molar-refractivity contribution in [3.05, 3.63) is 84.1 Å². The lowest BCUT2D eigenvalue weighted by molar-refractivity contribution is -0.118. The highest BCUT2D eigenvalue weighted by atomic mass is 16.5. The number of methoxy groups -OCH3 is 1. The number of hydrogen-bond donors (Lipinski definition) is 3. The first-order valence-corrected chi connectivity index (χ1v) is 10.7. The maximum Gasteiger partial charge on any atom is 0.241 e. The molecule has 3 heterocycles. The number of furan rings is 1. The van der Waals surface area contributed by atoms with Gasteiger partial charge in [-0.05, 0) is 59.5 Å². The van der Waals surface area contributed by atoms with Crippen LogP contribution in [0.2, 0.25) is 0 Å². The largest absolute Gasteiger partial charge is 0.497 e. The molecule has 0 unspecified atom stereocenters. The van der Waals surface area contributed by atoms with Crippen LogP contribution in [0, 0.1) is 0 Å². The molecule has 1 aliphatic heterocycles. The van der Waals surface area contributed by atoms with Crippen LogP contribution in [0.25, 0.3) is 11.1 Å². The first kappa shape index (κ1) is 20.8. The van der Waals surface area contributed by atoms with Gasteiger partial charge in [-0.2, -0.15) is 5.10 Å². The number of anilines is 1. The zero-order valence-corrected chi connectivity index (χ0v) is 18.1. The van der Waals surface area contributed by atoms with Gasteiger partial charge in [-0.15, -0.1) is 0 Å². The van der Waals surface area contributed by atoms with Crippen LogP contribution in [-0.2, 0) is 24.4 Å². The minimum Gasteiger partial charge on any atom is -0.497 e. The highest BCUT2D eigenvalue weighted by molar-refractivity contribution is 5.97. The number of aromatic amines is 1. The van der Waals surface area contributed by atoms with Gasteiger partial charge in [0, 0.05) is 18.3 Å². The zero-order chi connectivity index (χ0) is 22.6. The van der Waals surface area contributed by atoms with E-state index in [4.69, 9.17) is 13.9 Å². The van der Waals surface area contributed by atoms with Gasteiger partial charge < -0.3 is 24.5 Å². The summed E-state index contributed by atoms with van der Waals surface area (Å²) in [6.07, 6.45) is 5.72. The van der Waals surface area contributed by atoms with E-state index in [-0.39, 0.29) is 18.6 Å². The molecule has 1 aliphatic rings. The molecule has 0 aliphatic carbocycles. The summed E-state index contributed by atoms with van der Waals surface area (Å²) >= 11 is 0. The van der Waals surface area contributed by atoms with Crippen molar-refractivity contribution in [3.8, 4) is 22.6 Å². The molecule has 1 atom stereocenters. The summed E-state index contributed by atoms with van der Waals surface area (Å²) in [4.78, 5) is 13.1. The van der Waals surface area contributed by atoms with Crippen molar-refractivity contribution in [1.82, 2.24) is 15.5 Å². The first-order chi connectivity index (χ1) is 16.2. The van der Waals surface area contributed by atoms with Gasteiger partial charge in [0.25, 0.3) is 0 Å². The predicted molar refractivity (Wildman–Crippen MR) is 123 cm³/mol. The van der Waals surface area contributed by atoms with Gasteiger partial charge in [-0.3, -0.25) is 9.89 Å². The molecule has 8 nitrogen and oxygen atoms in total. The van der Waals surface area contributed by atoms with Crippen molar-refractivity contribution in [2.75, 3.05) is 12.4 Å². The van der Waals surface area contributed by atoms with Crippen LogP contribution in [0.15, 0.2) is 71.6 Å². The molecule has 5 rings (SSSR count). The molecule has 3 N–H and O–H groups in total. The van der Waals surface area contributed by atoms with Crippen LogP contribution in [0.3, 0.4) is 0 Å². The fourth-order valence-corrected chi connectivity index (χ4v) is 3.90. The van der Waals surface area contributed by atoms with E-state index in [1.54, 1.807) is 19.6 Å². The molecule has 0 fully saturated rings. The molecule has 2 aromatic carbocycles. The second-order valence-corrected chi connectivity index (χ2v) is 7.83. The molecule has 0 spiro atoms. The molecule has 8 heteroatoms. The number of benzene rings is 2. The van der Waals surface area contributed by atoms with E-state index in [9.17, 15) is 4.79 Å². The van der Waals surface area contributed by atoms with E-state index in [0.717, 1.165) is 22.4 Å². The summed E-state index contributed by atoms with van der Waals surface area (Å²) in [7, 11) is 1.64. The van der Waals surface area contributed by atoms with E-state index in [0.29, 0.717) is 30.2 Å². The molecule has 168 valence electrons. The maximum atomic E-state index is 13.1. The quantitative estimate of drug-likeness (QED) is 0.400. The molecule has 0 saturated heterocycles. The van der Waals surface area contributed by atoms with Crippen LogP contribution < -0.4 is 20.1 Å². The van der Waals surface area contributed by atoms with Crippen molar-refractivity contribution in [2.45, 2.75) is 25.6 Å². The van der Waals surface area contributed by atoms with E-state index in [1.807, 2.05) is 54.7 Å². The Morgan fingerprint density at radius 2 is 2.12 bits per heavy atom. The molecule has 1 amide bonds. The lowest BCUT2D eigenvalue weighted by Crippen LogP contribution is -2.44. The second-order valence-electron chi connectivity index (χ2n) is 7.83. The van der Waals surface area contributed by atoms with Crippen molar-refractivity contribution in [3.63, 3.8) is 0 Å². The zero-order valence-electron chi connectivity index (χ0n) is 18.1. The summed E-state index contributed by atoms with van der Waals surface area (Å²) < 4.78 is 16.7. The van der Waals surface area contributed by atoms with Crippen LogP contribution in [0.1, 0.15) is 16.9 Å². The molecule has 2 aromatic heterocycles. The van der Waals surface area contributed by atoms with Crippen molar-refractivity contribution in [2.24, 2.45) is 0 Å². The van der Waals surface area contributed by atoms with E-state index < -0.39 is 0 Å². The van der Waals surface area contributed by atoms with Crippen LogP contribution in [0.5, 0.6) is 11.5 Å². The summed E-state index contributed by atoms with van der Waals surface area (Å²) in [5, 5.41) is 13.2. The Labute approximate surface area is 190 Å². The SMILES string of the molecule is COc1ccc2c(c1)C[C@H](C(=O)Nc1ccc(-c3cn[nH]c3)cc1OCc1ccco1)NC2. The highest BCUT2D eigenvalue weighted by Gasteiger charge is 2.25. The summed E-state index contributed by atoms with van der Waals surface area (Å²) in [6.45, 7) is 0.873. The molecule has 0 radical (unpaired) electrons. The van der Waals surface area contributed by atoms with Gasteiger partial charge in [-0.25, -0.2) is 0 Å². The van der Waals surface area contributed by atoms with Crippen molar-refractivity contribution >= 4 is 11.6 Å². The number of H-pyrrole nitrogens is 1. The highest BCUT2D eigenvalue weighted by Crippen LogP contribution is 2.32. The predicted octanol–water partition coefficient (Wildman–Crippen LogP) is 3.91. The number of fused-ring (bicyclic) bond motifs is 1. The van der Waals surface area contributed by atoms with E-state index in [1.165, 1.54) is 5.56 Å². The average Bonchev–Trinajstić information content (AvgIpc) is 3.57. The number of aromatic nitrogens is 2. The number of nitrogens with zero attached hydrogens (tertiary/aromatic N) is 1. The van der Waals surface area contributed by atoms with Gasteiger partial charge in [0.1, 0.15) is 23.9 Å². The number of rotatable bonds is 7. The van der Waals surface area contributed by atoms with Gasteiger partial charge in [-0.1, -0.05) is 12.1 Å². The number of hydrogen-bond acceptors (Lipinski definition) is 6. The number of carbonyl (C=O) groups is 1. The Kier molecular flexibility index (Phi) is 5.82. The Balaban J connectivity index is 1.35. The number of carbonyl (C=O) groups excluding carboxylic acids is 1. The normalized spacial score (nSPS) is 15.0. The van der Waals surface area contributed by atoms with Crippen LogP contribution in [-0.4, -0.2) is 29.3 Å². The van der Waals surface area contributed by atoms with Gasteiger partial charge in [0.2, 0.25) is 5.91 Å². The summed E-state index contributed by atoms with van der Waals surface area (Å²) in [5.41, 5.74) is 4.73. The molecule has 0 bridgehead atoms. The third kappa shape index (κ3) is 4.61. The number of nitrogens with one attached hydrogen (secondary N) is 3. The smallest absolute Gasteiger partial charge is 0.241 e. The van der Waals surface area contributed by atoms with E-state index >= 15 is 0 Å². The lowest BCUT2D eigenvalue weighted by atomic mass is 9.95. The monoisotopic (exact) mass is 444 g/mol. The molecular formula is C25H24N4O4. The number of ether oxygens (including phenoxy) is 2. The molecule has 0 saturated carbocycles. The fraction of sp³-hybridized carbons (Fsp3) is 0.200. The van der Waals surface area contributed by atoms with Crippen molar-refractivity contribution in [1.29, 1.82) is 0 Å². The van der Waals surface area contributed by atoms with Gasteiger partial charge in [0.05, 0.1) is 31.3 Å². The van der Waals surface area contributed by atoms with Crippen LogP contribution in [0.4, 0.5) is 5.69 Å². The maximum absolute atomic E-state index is 13.1. The van der Waals surface area contributed by atoms with E-state index in [2.05, 4.69) is 20.8 Å². The molecule has 33 heavy (non-hydrogen) atoms. The Bertz CT molecular complexity index is 1240. The Morgan fingerprint density at radius 3 is 2.91 bits per heavy atom. The second kappa shape index (κ2) is 9.22. The minimum absolute atomic E-state index is 0.123. The molecule has 4 aromatic rings. The average molecular weight is 444 g/mol. The Morgan fingerprint density at radius 1 is 1.18 bits per heavy atom. The third-order valence-corrected chi connectivity index (χ3v) is 5.71. The first-order valence-electron chi connectivity index (χ1n) is 10.7. The van der Waals surface area contributed by atoms with Gasteiger partial charge >= 0.3 is 0 Å². The number of amides is 1. The standard InChI is InChI=1S/C25H24N4O4/c1-31-20-6-4-17-12-26-23(10-18(17)9-20)25(30)29-22-7-5-16(19-13-27-28-14-19)11-24(22)33-15-21-3-2-8-32-21/h2-9,11,13-14,23,26H,10,12,15H2,1H3,(H,27,28)(H,29,30)/t23-/m1/s1. The third-order valence-electron chi connectivity index (χ3n) is 5.71. The van der Waals surface area contributed by atoms with Gasteiger partial charge in [0.15, 0.2) is 0 Å². The lowest BCUT2D eigenvalue weighted by Gasteiger charge is -2.26. The van der Waals surface area contributed by atoms with Crippen LogP contribution >= 0.6 is 0 Å². The summed E-state index contributed by atoms with van der Waals surface area (Å²) in [5.74, 6) is 1.91. The fourth-order valence-electron chi connectivity index (χ4n) is 3.90. The molecular weight excluding hydrogens is 420 g/mol. The topological polar surface area (TPSA) is 101 Å². The van der Waals surface area contributed by atoms with Crippen molar-refractivity contribution < 1.29 is 18.7 Å². The summed E-state index contributed by atoms with van der Waals surface area (Å²) in [6, 6.07) is 14.9.